The average molecular weight is 474 g/mol. The molecule has 1 aliphatic heterocycles. The normalized spacial score (nSPS) is 14.1. The van der Waals surface area contributed by atoms with Crippen molar-refractivity contribution in [3.8, 4) is 0 Å². The van der Waals surface area contributed by atoms with Gasteiger partial charge in [0.05, 0.1) is 11.3 Å². The van der Waals surface area contributed by atoms with Crippen LogP contribution in [0.2, 0.25) is 0 Å². The summed E-state index contributed by atoms with van der Waals surface area (Å²) >= 11 is 1.26. The molecule has 1 heterocycles. The number of nitrogens with zero attached hydrogens (tertiary/aromatic N) is 3. The molecule has 0 N–H and O–H groups in total. The number of esters is 1. The van der Waals surface area contributed by atoms with Crippen LogP contribution < -0.4 is 0 Å². The highest BCUT2D eigenvalue weighted by atomic mass is 32.2. The largest absolute Gasteiger partial charge is 0.452 e. The van der Waals surface area contributed by atoms with Crippen LogP contribution in [0.25, 0.3) is 0 Å². The van der Waals surface area contributed by atoms with E-state index in [1.807, 2.05) is 6.07 Å². The third-order valence-corrected chi connectivity index (χ3v) is 6.42. The molecule has 0 radical (unpaired) electrons. The fourth-order valence-electron chi connectivity index (χ4n) is 3.35. The van der Waals surface area contributed by atoms with Gasteiger partial charge in [-0.1, -0.05) is 30.3 Å². The summed E-state index contributed by atoms with van der Waals surface area (Å²) in [5.74, 6) is -0.948. The van der Waals surface area contributed by atoms with Crippen LogP contribution in [0, 0.1) is 5.82 Å². The van der Waals surface area contributed by atoms with E-state index >= 15 is 0 Å². The SMILES string of the molecule is CN(C)C(=O)CSc1ccccc1C(=O)OCC(=O)N1CCN(Cc2ccccc2F)CC1. The van der Waals surface area contributed by atoms with Gasteiger partial charge in [0.15, 0.2) is 6.61 Å². The van der Waals surface area contributed by atoms with Crippen molar-refractivity contribution in [2.24, 2.45) is 0 Å². The molecule has 0 spiro atoms. The molecule has 1 fully saturated rings. The molecule has 0 atom stereocenters. The maximum Gasteiger partial charge on any atom is 0.339 e. The summed E-state index contributed by atoms with van der Waals surface area (Å²) in [5.41, 5.74) is 0.964. The number of thioether (sulfide) groups is 1. The Morgan fingerprint density at radius 1 is 1.00 bits per heavy atom. The molecule has 0 saturated carbocycles. The molecule has 0 aliphatic carbocycles. The van der Waals surface area contributed by atoms with Crippen LogP contribution in [-0.4, -0.2) is 85.1 Å². The van der Waals surface area contributed by atoms with Crippen molar-refractivity contribution in [2.45, 2.75) is 11.4 Å². The maximum atomic E-state index is 13.9. The Morgan fingerprint density at radius 3 is 2.36 bits per heavy atom. The van der Waals surface area contributed by atoms with E-state index in [9.17, 15) is 18.8 Å². The molecule has 2 aromatic rings. The minimum atomic E-state index is -0.595. The third-order valence-electron chi connectivity index (χ3n) is 5.36. The Labute approximate surface area is 197 Å². The van der Waals surface area contributed by atoms with Crippen molar-refractivity contribution in [1.29, 1.82) is 0 Å². The van der Waals surface area contributed by atoms with E-state index in [0.717, 1.165) is 0 Å². The van der Waals surface area contributed by atoms with Crippen molar-refractivity contribution in [3.05, 3.63) is 65.5 Å². The van der Waals surface area contributed by atoms with Gasteiger partial charge in [-0.25, -0.2) is 9.18 Å². The smallest absolute Gasteiger partial charge is 0.339 e. The summed E-state index contributed by atoms with van der Waals surface area (Å²) in [6, 6.07) is 13.5. The first kappa shape index (κ1) is 24.7. The van der Waals surface area contributed by atoms with Gasteiger partial charge < -0.3 is 14.5 Å². The minimum absolute atomic E-state index is 0.0625. The van der Waals surface area contributed by atoms with E-state index < -0.39 is 5.97 Å². The van der Waals surface area contributed by atoms with Crippen LogP contribution >= 0.6 is 11.8 Å². The number of ether oxygens (including phenoxy) is 1. The second-order valence-corrected chi connectivity index (χ2v) is 8.91. The number of benzene rings is 2. The first-order chi connectivity index (χ1) is 15.8. The molecule has 2 aromatic carbocycles. The molecule has 2 amide bonds. The Morgan fingerprint density at radius 2 is 1.67 bits per heavy atom. The lowest BCUT2D eigenvalue weighted by atomic mass is 10.2. The highest BCUT2D eigenvalue weighted by molar-refractivity contribution is 8.00. The van der Waals surface area contributed by atoms with Gasteiger partial charge in [-0.2, -0.15) is 0 Å². The van der Waals surface area contributed by atoms with Gasteiger partial charge in [-0.15, -0.1) is 11.8 Å². The second-order valence-electron chi connectivity index (χ2n) is 7.90. The summed E-state index contributed by atoms with van der Waals surface area (Å²) in [4.78, 5) is 42.8. The molecular weight excluding hydrogens is 445 g/mol. The monoisotopic (exact) mass is 473 g/mol. The minimum Gasteiger partial charge on any atom is -0.452 e. The predicted molar refractivity (Wildman–Crippen MR) is 124 cm³/mol. The Hall–Kier alpha value is -2.91. The molecule has 9 heteroatoms. The molecule has 1 saturated heterocycles. The van der Waals surface area contributed by atoms with Crippen LogP contribution in [0.5, 0.6) is 0 Å². The molecule has 33 heavy (non-hydrogen) atoms. The van der Waals surface area contributed by atoms with E-state index in [0.29, 0.717) is 48.7 Å². The summed E-state index contributed by atoms with van der Waals surface area (Å²) < 4.78 is 19.1. The number of hydrogen-bond acceptors (Lipinski definition) is 6. The summed E-state index contributed by atoms with van der Waals surface area (Å²) in [5, 5.41) is 0. The number of carbonyl (C=O) groups is 3. The second kappa shape index (κ2) is 11.8. The number of amides is 2. The van der Waals surface area contributed by atoms with E-state index in [1.165, 1.54) is 22.7 Å². The van der Waals surface area contributed by atoms with Gasteiger partial charge in [-0.3, -0.25) is 14.5 Å². The summed E-state index contributed by atoms with van der Waals surface area (Å²) in [7, 11) is 3.35. The number of halogens is 1. The summed E-state index contributed by atoms with van der Waals surface area (Å²) in [6.07, 6.45) is 0. The van der Waals surface area contributed by atoms with Crippen LogP contribution in [0.1, 0.15) is 15.9 Å². The van der Waals surface area contributed by atoms with Crippen LogP contribution in [0.15, 0.2) is 53.4 Å². The highest BCUT2D eigenvalue weighted by Gasteiger charge is 2.23. The molecule has 0 bridgehead atoms. The zero-order chi connectivity index (χ0) is 23.8. The quantitative estimate of drug-likeness (QED) is 0.434. The van der Waals surface area contributed by atoms with Crippen molar-refractivity contribution < 1.29 is 23.5 Å². The van der Waals surface area contributed by atoms with E-state index in [2.05, 4.69) is 4.90 Å². The first-order valence-corrected chi connectivity index (χ1v) is 11.7. The van der Waals surface area contributed by atoms with Crippen molar-refractivity contribution in [1.82, 2.24) is 14.7 Å². The van der Waals surface area contributed by atoms with Gasteiger partial charge >= 0.3 is 5.97 Å². The lowest BCUT2D eigenvalue weighted by Gasteiger charge is -2.34. The van der Waals surface area contributed by atoms with E-state index in [1.54, 1.807) is 55.4 Å². The average Bonchev–Trinajstić information content (AvgIpc) is 2.82. The molecule has 176 valence electrons. The number of rotatable bonds is 8. The molecule has 3 rings (SSSR count). The topological polar surface area (TPSA) is 70.2 Å². The molecule has 1 aliphatic rings. The van der Waals surface area contributed by atoms with Crippen LogP contribution in [-0.2, 0) is 20.9 Å². The summed E-state index contributed by atoms with van der Waals surface area (Å²) in [6.45, 7) is 2.37. The lowest BCUT2D eigenvalue weighted by Crippen LogP contribution is -2.49. The molecule has 0 aromatic heterocycles. The van der Waals surface area contributed by atoms with Crippen LogP contribution in [0.3, 0.4) is 0 Å². The van der Waals surface area contributed by atoms with Crippen LogP contribution in [0.4, 0.5) is 4.39 Å². The zero-order valence-electron chi connectivity index (χ0n) is 18.8. The number of piperazine rings is 1. The predicted octanol–water partition coefficient (Wildman–Crippen LogP) is 2.51. The van der Waals surface area contributed by atoms with Crippen molar-refractivity contribution >= 4 is 29.5 Å². The Balaban J connectivity index is 1.47. The van der Waals surface area contributed by atoms with Gasteiger partial charge in [-0.05, 0) is 18.2 Å². The van der Waals surface area contributed by atoms with E-state index in [-0.39, 0.29) is 30.0 Å². The Kier molecular flexibility index (Phi) is 8.85. The third kappa shape index (κ3) is 7.03. The van der Waals surface area contributed by atoms with E-state index in [4.69, 9.17) is 4.74 Å². The molecule has 7 nitrogen and oxygen atoms in total. The maximum absolute atomic E-state index is 13.9. The number of hydrogen-bond donors (Lipinski definition) is 0. The molecule has 0 unspecified atom stereocenters. The molecular formula is C24H28FN3O4S. The van der Waals surface area contributed by atoms with Crippen molar-refractivity contribution in [3.63, 3.8) is 0 Å². The first-order valence-electron chi connectivity index (χ1n) is 10.7. The zero-order valence-corrected chi connectivity index (χ0v) is 19.6. The standard InChI is InChI=1S/C24H28FN3O4S/c1-26(2)23(30)17-33-21-10-6-4-8-19(21)24(31)32-16-22(29)28-13-11-27(12-14-28)15-18-7-3-5-9-20(18)25/h3-10H,11-17H2,1-2H3. The number of carbonyl (C=O) groups excluding carboxylic acids is 3. The lowest BCUT2D eigenvalue weighted by molar-refractivity contribution is -0.136. The van der Waals surface area contributed by atoms with Gasteiger partial charge in [0.2, 0.25) is 5.91 Å². The fourth-order valence-corrected chi connectivity index (χ4v) is 4.37. The fraction of sp³-hybridized carbons (Fsp3) is 0.375. The van der Waals surface area contributed by atoms with Gasteiger partial charge in [0.1, 0.15) is 5.82 Å². The van der Waals surface area contributed by atoms with Crippen molar-refractivity contribution in [2.75, 3.05) is 52.6 Å². The van der Waals surface area contributed by atoms with Gasteiger partial charge in [0, 0.05) is 57.3 Å². The van der Waals surface area contributed by atoms with Gasteiger partial charge in [0.25, 0.3) is 5.91 Å². The Bertz CT molecular complexity index is 993. The highest BCUT2D eigenvalue weighted by Crippen LogP contribution is 2.23.